The molecule has 1 saturated heterocycles. The van der Waals surface area contributed by atoms with Gasteiger partial charge in [-0.2, -0.15) is 0 Å². The van der Waals surface area contributed by atoms with Crippen molar-refractivity contribution < 1.29 is 4.74 Å². The molecule has 1 rings (SSSR count). The van der Waals surface area contributed by atoms with Crippen LogP contribution >= 0.6 is 0 Å². The van der Waals surface area contributed by atoms with Crippen LogP contribution in [0.4, 0.5) is 0 Å². The molecule has 1 aliphatic rings. The van der Waals surface area contributed by atoms with Crippen molar-refractivity contribution in [3.05, 3.63) is 0 Å². The number of methoxy groups -OCH3 is 1. The number of nitrogens with zero attached hydrogens (tertiary/aromatic N) is 2. The highest BCUT2D eigenvalue weighted by atomic mass is 16.5. The molecule has 0 aromatic heterocycles. The van der Waals surface area contributed by atoms with Gasteiger partial charge in [0.15, 0.2) is 5.96 Å². The van der Waals surface area contributed by atoms with Gasteiger partial charge in [-0.3, -0.25) is 4.99 Å². The van der Waals surface area contributed by atoms with E-state index >= 15 is 0 Å². The average Bonchev–Trinajstić information content (AvgIpc) is 2.96. The Morgan fingerprint density at radius 2 is 1.95 bits per heavy atom. The number of rotatable bonds is 10. The first-order chi connectivity index (χ1) is 9.86. The van der Waals surface area contributed by atoms with Crippen LogP contribution in [-0.2, 0) is 4.74 Å². The van der Waals surface area contributed by atoms with Gasteiger partial charge >= 0.3 is 0 Å². The summed E-state index contributed by atoms with van der Waals surface area (Å²) in [7, 11) is 1.73. The summed E-state index contributed by atoms with van der Waals surface area (Å²) in [4.78, 5) is 7.10. The van der Waals surface area contributed by atoms with Crippen molar-refractivity contribution in [2.45, 2.75) is 39.0 Å². The molecule has 5 nitrogen and oxygen atoms in total. The molecule has 0 radical (unpaired) electrons. The van der Waals surface area contributed by atoms with Gasteiger partial charge in [0.2, 0.25) is 0 Å². The van der Waals surface area contributed by atoms with E-state index in [1.165, 1.54) is 45.3 Å². The minimum atomic E-state index is 0.777. The zero-order chi connectivity index (χ0) is 14.5. The Hall–Kier alpha value is -0.810. The predicted molar refractivity (Wildman–Crippen MR) is 85.4 cm³/mol. The summed E-state index contributed by atoms with van der Waals surface area (Å²) >= 11 is 0. The summed E-state index contributed by atoms with van der Waals surface area (Å²) in [5, 5.41) is 6.68. The van der Waals surface area contributed by atoms with Gasteiger partial charge in [0, 0.05) is 33.4 Å². The van der Waals surface area contributed by atoms with Crippen molar-refractivity contribution in [2.24, 2.45) is 4.99 Å². The second kappa shape index (κ2) is 12.0. The SMILES string of the molecule is CCNC(=NCCCOC)NCCCCN1CCCC1. The largest absolute Gasteiger partial charge is 0.385 e. The molecule has 1 fully saturated rings. The number of nitrogens with one attached hydrogen (secondary N) is 2. The fourth-order valence-corrected chi connectivity index (χ4v) is 2.41. The fourth-order valence-electron chi connectivity index (χ4n) is 2.41. The quantitative estimate of drug-likeness (QED) is 0.362. The standard InChI is InChI=1S/C15H32N4O/c1-3-16-15(18-10-8-14-20-2)17-9-4-5-11-19-12-6-7-13-19/h3-14H2,1-2H3,(H2,16,17,18). The topological polar surface area (TPSA) is 48.9 Å². The molecule has 0 atom stereocenters. The van der Waals surface area contributed by atoms with Gasteiger partial charge in [-0.25, -0.2) is 0 Å². The highest BCUT2D eigenvalue weighted by Crippen LogP contribution is 2.07. The third-order valence-corrected chi connectivity index (χ3v) is 3.51. The molecular formula is C15H32N4O. The van der Waals surface area contributed by atoms with Crippen molar-refractivity contribution in [3.63, 3.8) is 0 Å². The predicted octanol–water partition coefficient (Wildman–Crippen LogP) is 1.45. The molecule has 0 aromatic rings. The molecule has 0 bridgehead atoms. The zero-order valence-electron chi connectivity index (χ0n) is 13.3. The highest BCUT2D eigenvalue weighted by molar-refractivity contribution is 5.79. The molecule has 118 valence electrons. The normalized spacial score (nSPS) is 16.6. The third kappa shape index (κ3) is 8.38. The number of unbranched alkanes of at least 4 members (excludes halogenated alkanes) is 1. The van der Waals surface area contributed by atoms with Crippen LogP contribution in [0.3, 0.4) is 0 Å². The van der Waals surface area contributed by atoms with Gasteiger partial charge in [0.1, 0.15) is 0 Å². The lowest BCUT2D eigenvalue weighted by molar-refractivity contribution is 0.197. The molecule has 1 aliphatic heterocycles. The fraction of sp³-hybridized carbons (Fsp3) is 0.933. The number of likely N-dealkylation sites (tertiary alicyclic amines) is 1. The summed E-state index contributed by atoms with van der Waals surface area (Å²) < 4.78 is 5.03. The molecular weight excluding hydrogens is 252 g/mol. The Kier molecular flexibility index (Phi) is 10.3. The second-order valence-corrected chi connectivity index (χ2v) is 5.29. The Morgan fingerprint density at radius 3 is 2.65 bits per heavy atom. The Bertz CT molecular complexity index is 252. The number of hydrogen-bond donors (Lipinski definition) is 2. The van der Waals surface area contributed by atoms with Gasteiger partial charge in [-0.05, 0) is 58.7 Å². The van der Waals surface area contributed by atoms with Crippen LogP contribution in [0.1, 0.15) is 39.0 Å². The van der Waals surface area contributed by atoms with E-state index in [1.807, 2.05) is 0 Å². The molecule has 1 heterocycles. The second-order valence-electron chi connectivity index (χ2n) is 5.29. The number of aliphatic imine (C=N–C) groups is 1. The van der Waals surface area contributed by atoms with Gasteiger partial charge in [-0.1, -0.05) is 0 Å². The molecule has 0 unspecified atom stereocenters. The van der Waals surface area contributed by atoms with Crippen LogP contribution in [0.2, 0.25) is 0 Å². The van der Waals surface area contributed by atoms with E-state index in [-0.39, 0.29) is 0 Å². The lowest BCUT2D eigenvalue weighted by Crippen LogP contribution is -2.38. The van der Waals surface area contributed by atoms with Crippen LogP contribution in [0.5, 0.6) is 0 Å². The minimum Gasteiger partial charge on any atom is -0.385 e. The van der Waals surface area contributed by atoms with E-state index in [1.54, 1.807) is 7.11 Å². The summed E-state index contributed by atoms with van der Waals surface area (Å²) in [5.74, 6) is 0.935. The molecule has 0 aliphatic carbocycles. The van der Waals surface area contributed by atoms with Crippen molar-refractivity contribution in [2.75, 3.05) is 53.0 Å². The molecule has 5 heteroatoms. The van der Waals surface area contributed by atoms with Crippen molar-refractivity contribution >= 4 is 5.96 Å². The smallest absolute Gasteiger partial charge is 0.191 e. The van der Waals surface area contributed by atoms with E-state index < -0.39 is 0 Å². The number of ether oxygens (including phenoxy) is 1. The van der Waals surface area contributed by atoms with Gasteiger partial charge < -0.3 is 20.3 Å². The maximum absolute atomic E-state index is 5.03. The van der Waals surface area contributed by atoms with Gasteiger partial charge in [0.05, 0.1) is 0 Å². The highest BCUT2D eigenvalue weighted by Gasteiger charge is 2.09. The van der Waals surface area contributed by atoms with Crippen LogP contribution in [0.15, 0.2) is 4.99 Å². The van der Waals surface area contributed by atoms with E-state index in [4.69, 9.17) is 4.74 Å². The molecule has 0 aromatic carbocycles. The maximum atomic E-state index is 5.03. The van der Waals surface area contributed by atoms with Gasteiger partial charge in [-0.15, -0.1) is 0 Å². The summed E-state index contributed by atoms with van der Waals surface area (Å²) in [6.07, 6.45) is 6.23. The van der Waals surface area contributed by atoms with Crippen LogP contribution < -0.4 is 10.6 Å². The van der Waals surface area contributed by atoms with E-state index in [0.29, 0.717) is 0 Å². The van der Waals surface area contributed by atoms with E-state index in [0.717, 1.165) is 38.6 Å². The Labute approximate surface area is 124 Å². The van der Waals surface area contributed by atoms with E-state index in [2.05, 4.69) is 27.4 Å². The van der Waals surface area contributed by atoms with Crippen molar-refractivity contribution in [1.82, 2.24) is 15.5 Å². The molecule has 20 heavy (non-hydrogen) atoms. The third-order valence-electron chi connectivity index (χ3n) is 3.51. The van der Waals surface area contributed by atoms with Crippen LogP contribution in [0.25, 0.3) is 0 Å². The van der Waals surface area contributed by atoms with Crippen LogP contribution in [-0.4, -0.2) is 63.8 Å². The maximum Gasteiger partial charge on any atom is 0.191 e. The first-order valence-corrected chi connectivity index (χ1v) is 8.10. The molecule has 0 saturated carbocycles. The Morgan fingerprint density at radius 1 is 1.15 bits per heavy atom. The lowest BCUT2D eigenvalue weighted by Gasteiger charge is -2.15. The van der Waals surface area contributed by atoms with E-state index in [9.17, 15) is 0 Å². The first kappa shape index (κ1) is 17.2. The zero-order valence-corrected chi connectivity index (χ0v) is 13.3. The first-order valence-electron chi connectivity index (χ1n) is 8.10. The molecule has 2 N–H and O–H groups in total. The van der Waals surface area contributed by atoms with Crippen molar-refractivity contribution in [1.29, 1.82) is 0 Å². The summed E-state index contributed by atoms with van der Waals surface area (Å²) in [5.41, 5.74) is 0. The monoisotopic (exact) mass is 284 g/mol. The summed E-state index contributed by atoms with van der Waals surface area (Å²) in [6, 6.07) is 0. The minimum absolute atomic E-state index is 0.777. The molecule has 0 spiro atoms. The summed E-state index contributed by atoms with van der Waals surface area (Å²) in [6.45, 7) is 9.46. The van der Waals surface area contributed by atoms with Crippen molar-refractivity contribution in [3.8, 4) is 0 Å². The number of hydrogen-bond acceptors (Lipinski definition) is 3. The van der Waals surface area contributed by atoms with Crippen LogP contribution in [0, 0.1) is 0 Å². The lowest BCUT2D eigenvalue weighted by atomic mass is 10.3. The molecule has 0 amide bonds. The number of guanidine groups is 1. The average molecular weight is 284 g/mol. The Balaban J connectivity index is 2.04. The van der Waals surface area contributed by atoms with Gasteiger partial charge in [0.25, 0.3) is 0 Å².